The summed E-state index contributed by atoms with van der Waals surface area (Å²) in [5.41, 5.74) is 1.83. The molecule has 172 valence electrons. The van der Waals surface area contributed by atoms with Crippen LogP contribution in [-0.2, 0) is 22.6 Å². The van der Waals surface area contributed by atoms with Gasteiger partial charge in [-0.1, -0.05) is 26.0 Å². The number of hydrogen-bond donors (Lipinski definition) is 3. The summed E-state index contributed by atoms with van der Waals surface area (Å²) in [6.45, 7) is 6.96. The molecule has 0 radical (unpaired) electrons. The van der Waals surface area contributed by atoms with Crippen molar-refractivity contribution in [2.75, 3.05) is 7.11 Å². The lowest BCUT2D eigenvalue weighted by atomic mass is 9.94. The number of allylic oxidation sites excluding steroid dienone is 2. The van der Waals surface area contributed by atoms with Crippen LogP contribution in [0.25, 0.3) is 16.5 Å². The zero-order valence-electron chi connectivity index (χ0n) is 19.0. The van der Waals surface area contributed by atoms with Gasteiger partial charge in [0.25, 0.3) is 0 Å². The van der Waals surface area contributed by atoms with Gasteiger partial charge in [-0.25, -0.2) is 4.79 Å². The van der Waals surface area contributed by atoms with E-state index in [0.717, 1.165) is 22.0 Å². The largest absolute Gasteiger partial charge is 0.464 e. The maximum Gasteiger partial charge on any atom is 0.354 e. The van der Waals surface area contributed by atoms with E-state index in [1.165, 1.54) is 7.11 Å². The Morgan fingerprint density at radius 3 is 2.85 bits per heavy atom. The van der Waals surface area contributed by atoms with E-state index < -0.39 is 11.5 Å². The minimum Gasteiger partial charge on any atom is -0.464 e. The molecule has 0 aliphatic carbocycles. The molecule has 3 N–H and O–H groups in total. The summed E-state index contributed by atoms with van der Waals surface area (Å²) >= 11 is 0. The number of fused-ring (bicyclic) bond motifs is 1. The molecule has 1 aliphatic heterocycles. The first-order valence-electron chi connectivity index (χ1n) is 10.7. The van der Waals surface area contributed by atoms with E-state index in [0.29, 0.717) is 30.5 Å². The number of hydrogen-bond acceptors (Lipinski definition) is 7. The number of H-pyrrole nitrogens is 1. The molecule has 1 atom stereocenters. The fourth-order valence-electron chi connectivity index (χ4n) is 3.61. The lowest BCUT2D eigenvalue weighted by Crippen LogP contribution is -2.52. The zero-order valence-corrected chi connectivity index (χ0v) is 19.0. The van der Waals surface area contributed by atoms with Crippen LogP contribution in [-0.4, -0.2) is 49.7 Å². The second-order valence-corrected chi connectivity index (χ2v) is 8.62. The van der Waals surface area contributed by atoms with Crippen LogP contribution in [0.2, 0.25) is 0 Å². The first-order chi connectivity index (χ1) is 15.8. The minimum absolute atomic E-state index is 0.194. The smallest absolute Gasteiger partial charge is 0.354 e. The van der Waals surface area contributed by atoms with Crippen molar-refractivity contribution < 1.29 is 14.3 Å². The summed E-state index contributed by atoms with van der Waals surface area (Å²) in [5, 5.41) is 19.6. The number of carbonyl (C=O) groups is 2. The molecule has 3 heterocycles. The third-order valence-electron chi connectivity index (χ3n) is 5.35. The van der Waals surface area contributed by atoms with Crippen LogP contribution in [0.15, 0.2) is 42.6 Å². The van der Waals surface area contributed by atoms with Gasteiger partial charge in [-0.15, -0.1) is 10.2 Å². The number of ether oxygens (including phenoxy) is 1. The molecule has 0 saturated heterocycles. The van der Waals surface area contributed by atoms with Crippen LogP contribution in [0.5, 0.6) is 0 Å². The molecule has 33 heavy (non-hydrogen) atoms. The number of aromatic nitrogens is 5. The first kappa shape index (κ1) is 22.3. The van der Waals surface area contributed by atoms with Crippen molar-refractivity contribution in [1.82, 2.24) is 35.8 Å². The third kappa shape index (κ3) is 4.79. The van der Waals surface area contributed by atoms with Gasteiger partial charge in [0.15, 0.2) is 0 Å². The molecule has 0 fully saturated rings. The summed E-state index contributed by atoms with van der Waals surface area (Å²) < 4.78 is 4.75. The zero-order chi connectivity index (χ0) is 23.6. The van der Waals surface area contributed by atoms with Crippen molar-refractivity contribution in [1.29, 1.82) is 0 Å². The van der Waals surface area contributed by atoms with Gasteiger partial charge in [-0.3, -0.25) is 4.79 Å². The van der Waals surface area contributed by atoms with Gasteiger partial charge >= 0.3 is 5.97 Å². The van der Waals surface area contributed by atoms with Gasteiger partial charge in [0, 0.05) is 23.0 Å². The molecule has 1 unspecified atom stereocenters. The topological polar surface area (TPSA) is 127 Å². The highest BCUT2D eigenvalue weighted by Crippen LogP contribution is 2.22. The lowest BCUT2D eigenvalue weighted by Gasteiger charge is -2.28. The van der Waals surface area contributed by atoms with Gasteiger partial charge in [0.1, 0.15) is 11.2 Å². The molecule has 1 aliphatic rings. The van der Waals surface area contributed by atoms with E-state index in [1.807, 2.05) is 24.3 Å². The van der Waals surface area contributed by atoms with Crippen molar-refractivity contribution in [3.63, 3.8) is 0 Å². The number of esters is 1. The number of benzene rings is 1. The molecule has 2 aromatic heterocycles. The molecule has 1 amide bonds. The summed E-state index contributed by atoms with van der Waals surface area (Å²) in [7, 11) is 1.34. The number of aromatic amines is 1. The first-order valence-corrected chi connectivity index (χ1v) is 10.7. The second kappa shape index (κ2) is 8.89. The Bertz CT molecular complexity index is 1250. The van der Waals surface area contributed by atoms with Crippen molar-refractivity contribution in [2.24, 2.45) is 5.92 Å². The second-order valence-electron chi connectivity index (χ2n) is 8.62. The molecule has 0 spiro atoms. The Balaban J connectivity index is 1.45. The van der Waals surface area contributed by atoms with Crippen molar-refractivity contribution in [3.05, 3.63) is 59.7 Å². The summed E-state index contributed by atoms with van der Waals surface area (Å²) in [4.78, 5) is 29.4. The van der Waals surface area contributed by atoms with Crippen LogP contribution < -0.4 is 10.6 Å². The molecular weight excluding hydrogens is 422 g/mol. The van der Waals surface area contributed by atoms with E-state index in [1.54, 1.807) is 30.1 Å². The molecule has 3 aromatic rings. The van der Waals surface area contributed by atoms with E-state index in [2.05, 4.69) is 44.9 Å². The monoisotopic (exact) mass is 449 g/mol. The Kier molecular flexibility index (Phi) is 5.99. The Labute approximate surface area is 191 Å². The number of methoxy groups -OCH3 is 1. The van der Waals surface area contributed by atoms with Gasteiger partial charge in [-0.2, -0.15) is 4.80 Å². The number of nitrogens with one attached hydrogen (secondary N) is 3. The van der Waals surface area contributed by atoms with Gasteiger partial charge in [0.2, 0.25) is 11.7 Å². The Morgan fingerprint density at radius 2 is 2.09 bits per heavy atom. The predicted molar refractivity (Wildman–Crippen MR) is 123 cm³/mol. The van der Waals surface area contributed by atoms with E-state index >= 15 is 0 Å². The van der Waals surface area contributed by atoms with Crippen molar-refractivity contribution in [3.8, 4) is 0 Å². The summed E-state index contributed by atoms with van der Waals surface area (Å²) in [5.74, 6) is 0.261. The Morgan fingerprint density at radius 1 is 1.27 bits per heavy atom. The fourth-order valence-corrected chi connectivity index (χ4v) is 3.61. The molecule has 0 bridgehead atoms. The lowest BCUT2D eigenvalue weighted by molar-refractivity contribution is -0.125. The van der Waals surface area contributed by atoms with E-state index in [4.69, 9.17) is 4.74 Å². The third-order valence-corrected chi connectivity index (χ3v) is 5.35. The number of rotatable bonds is 7. The fraction of sp³-hybridized carbons (Fsp3) is 0.348. The number of tetrazole rings is 1. The molecule has 10 heteroatoms. The van der Waals surface area contributed by atoms with Crippen LogP contribution in [0, 0.1) is 5.92 Å². The average Bonchev–Trinajstić information content (AvgIpc) is 3.43. The summed E-state index contributed by atoms with van der Waals surface area (Å²) in [6.07, 6.45) is 5.34. The SMILES string of the molecule is COC(=O)c1cc2ccc(CNC(=O)C3(C)C=C(c4nnn(CC(C)C)n4)C=CN3)cc2[nH]1. The van der Waals surface area contributed by atoms with Crippen LogP contribution in [0.3, 0.4) is 0 Å². The van der Waals surface area contributed by atoms with Crippen LogP contribution >= 0.6 is 0 Å². The van der Waals surface area contributed by atoms with Crippen LogP contribution in [0.1, 0.15) is 42.6 Å². The maximum atomic E-state index is 13.0. The van der Waals surface area contributed by atoms with Gasteiger partial charge < -0.3 is 20.4 Å². The minimum atomic E-state index is -0.970. The predicted octanol–water partition coefficient (Wildman–Crippen LogP) is 2.17. The highest BCUT2D eigenvalue weighted by molar-refractivity contribution is 5.95. The van der Waals surface area contributed by atoms with Gasteiger partial charge in [0.05, 0.1) is 13.7 Å². The highest BCUT2D eigenvalue weighted by atomic mass is 16.5. The van der Waals surface area contributed by atoms with E-state index in [-0.39, 0.29) is 5.91 Å². The standard InChI is InChI=1S/C23H27N7O3/c1-14(2)13-30-28-20(27-29-30)17-7-8-25-23(3,11-17)22(32)24-12-15-5-6-16-10-19(21(31)33-4)26-18(16)9-15/h5-11,14,25-26H,12-13H2,1-4H3,(H,24,32). The average molecular weight is 450 g/mol. The summed E-state index contributed by atoms with van der Waals surface area (Å²) in [6, 6.07) is 7.44. The maximum absolute atomic E-state index is 13.0. The number of amides is 1. The van der Waals surface area contributed by atoms with Crippen LogP contribution in [0.4, 0.5) is 0 Å². The molecule has 0 saturated carbocycles. The highest BCUT2D eigenvalue weighted by Gasteiger charge is 2.32. The molecule has 4 rings (SSSR count). The quantitative estimate of drug-likeness (QED) is 0.472. The molecule has 10 nitrogen and oxygen atoms in total. The van der Waals surface area contributed by atoms with Crippen molar-refractivity contribution in [2.45, 2.75) is 39.4 Å². The number of nitrogens with zero attached hydrogens (tertiary/aromatic N) is 4. The molecular formula is C23H27N7O3. The number of dihydropyridines is 1. The Hall–Kier alpha value is -3.95. The molecule has 1 aromatic carbocycles. The van der Waals surface area contributed by atoms with E-state index in [9.17, 15) is 9.59 Å². The van der Waals surface area contributed by atoms with Crippen molar-refractivity contribution >= 4 is 28.4 Å². The van der Waals surface area contributed by atoms with Gasteiger partial charge in [-0.05, 0) is 54.1 Å². The normalized spacial score (nSPS) is 17.7. The number of carbonyl (C=O) groups excluding carboxylic acids is 2.